The van der Waals surface area contributed by atoms with E-state index in [4.69, 9.17) is 9.47 Å². The predicted octanol–water partition coefficient (Wildman–Crippen LogP) is 4.63. The molecule has 0 saturated heterocycles. The molecule has 0 bridgehead atoms. The minimum atomic E-state index is 0.688. The average molecular weight is 339 g/mol. The molecule has 4 heteroatoms. The van der Waals surface area contributed by atoms with Gasteiger partial charge in [0, 0.05) is 15.1 Å². The highest BCUT2D eigenvalue weighted by molar-refractivity contribution is 9.10. The maximum Gasteiger partial charge on any atom is 0.120 e. The SMILES string of the molecule is COc1ccc(SCCOc2cccc(Br)c2)cc1. The molecule has 2 aromatic carbocycles. The maximum absolute atomic E-state index is 5.68. The number of ether oxygens (including phenoxy) is 2. The van der Waals surface area contributed by atoms with Crippen LogP contribution in [0, 0.1) is 0 Å². The van der Waals surface area contributed by atoms with E-state index in [0.29, 0.717) is 6.61 Å². The fraction of sp³-hybridized carbons (Fsp3) is 0.200. The zero-order valence-electron chi connectivity index (χ0n) is 10.6. The Morgan fingerprint density at radius 1 is 1.05 bits per heavy atom. The van der Waals surface area contributed by atoms with Crippen molar-refractivity contribution in [2.75, 3.05) is 19.5 Å². The van der Waals surface area contributed by atoms with Gasteiger partial charge in [-0.2, -0.15) is 0 Å². The first-order chi connectivity index (χ1) is 9.28. The van der Waals surface area contributed by atoms with E-state index in [1.54, 1.807) is 18.9 Å². The first-order valence-corrected chi connectivity index (χ1v) is 7.71. The molecular weight excluding hydrogens is 324 g/mol. The van der Waals surface area contributed by atoms with Gasteiger partial charge in [-0.1, -0.05) is 22.0 Å². The maximum atomic E-state index is 5.68. The van der Waals surface area contributed by atoms with Gasteiger partial charge in [-0.3, -0.25) is 0 Å². The Morgan fingerprint density at radius 3 is 2.53 bits per heavy atom. The molecule has 0 aliphatic carbocycles. The summed E-state index contributed by atoms with van der Waals surface area (Å²) in [5.41, 5.74) is 0. The van der Waals surface area contributed by atoms with E-state index in [-0.39, 0.29) is 0 Å². The standard InChI is InChI=1S/C15H15BrO2S/c1-17-13-5-7-15(8-6-13)19-10-9-18-14-4-2-3-12(16)11-14/h2-8,11H,9-10H2,1H3. The molecule has 0 fully saturated rings. The third kappa shape index (κ3) is 4.80. The van der Waals surface area contributed by atoms with Crippen LogP contribution in [-0.4, -0.2) is 19.5 Å². The highest BCUT2D eigenvalue weighted by atomic mass is 79.9. The Morgan fingerprint density at radius 2 is 1.84 bits per heavy atom. The summed E-state index contributed by atoms with van der Waals surface area (Å²) >= 11 is 5.20. The minimum Gasteiger partial charge on any atom is -0.497 e. The number of halogens is 1. The lowest BCUT2D eigenvalue weighted by Crippen LogP contribution is -1.99. The zero-order valence-corrected chi connectivity index (χ0v) is 13.0. The first-order valence-electron chi connectivity index (χ1n) is 5.93. The molecule has 0 radical (unpaired) electrons. The van der Waals surface area contributed by atoms with Crippen LogP contribution in [0.1, 0.15) is 0 Å². The van der Waals surface area contributed by atoms with Crippen LogP contribution >= 0.6 is 27.7 Å². The normalized spacial score (nSPS) is 10.2. The number of thioether (sulfide) groups is 1. The van der Waals surface area contributed by atoms with Crippen molar-refractivity contribution < 1.29 is 9.47 Å². The van der Waals surface area contributed by atoms with Gasteiger partial charge in [-0.25, -0.2) is 0 Å². The van der Waals surface area contributed by atoms with Gasteiger partial charge in [-0.05, 0) is 42.5 Å². The molecule has 0 spiro atoms. The Hall–Kier alpha value is -1.13. The van der Waals surface area contributed by atoms with Gasteiger partial charge in [0.15, 0.2) is 0 Å². The van der Waals surface area contributed by atoms with E-state index in [2.05, 4.69) is 28.1 Å². The summed E-state index contributed by atoms with van der Waals surface area (Å²) in [6, 6.07) is 15.9. The van der Waals surface area contributed by atoms with Gasteiger partial charge in [0.25, 0.3) is 0 Å². The smallest absolute Gasteiger partial charge is 0.120 e. The molecule has 2 rings (SSSR count). The van der Waals surface area contributed by atoms with Crippen LogP contribution in [-0.2, 0) is 0 Å². The van der Waals surface area contributed by atoms with Gasteiger partial charge < -0.3 is 9.47 Å². The van der Waals surface area contributed by atoms with Crippen molar-refractivity contribution in [1.82, 2.24) is 0 Å². The number of rotatable bonds is 6. The molecule has 2 nitrogen and oxygen atoms in total. The molecule has 0 amide bonds. The van der Waals surface area contributed by atoms with E-state index in [1.807, 2.05) is 36.4 Å². The van der Waals surface area contributed by atoms with Crippen molar-refractivity contribution in [1.29, 1.82) is 0 Å². The second-order valence-corrected chi connectivity index (χ2v) is 5.91. The van der Waals surface area contributed by atoms with Gasteiger partial charge in [0.1, 0.15) is 11.5 Å². The van der Waals surface area contributed by atoms with Crippen LogP contribution in [0.15, 0.2) is 57.9 Å². The molecule has 0 saturated carbocycles. The Kier molecular flexibility index (Phi) is 5.61. The monoisotopic (exact) mass is 338 g/mol. The molecule has 0 aliphatic heterocycles. The minimum absolute atomic E-state index is 0.688. The van der Waals surface area contributed by atoms with Crippen molar-refractivity contribution >= 4 is 27.7 Å². The first kappa shape index (κ1) is 14.3. The largest absolute Gasteiger partial charge is 0.497 e. The molecule has 0 unspecified atom stereocenters. The topological polar surface area (TPSA) is 18.5 Å². The van der Waals surface area contributed by atoms with Crippen molar-refractivity contribution in [3.05, 3.63) is 53.0 Å². The molecule has 0 heterocycles. The van der Waals surface area contributed by atoms with Gasteiger partial charge >= 0.3 is 0 Å². The number of hydrogen-bond acceptors (Lipinski definition) is 3. The summed E-state index contributed by atoms with van der Waals surface area (Å²) in [5, 5.41) is 0. The average Bonchev–Trinajstić information content (AvgIpc) is 2.44. The number of methoxy groups -OCH3 is 1. The summed E-state index contributed by atoms with van der Waals surface area (Å²) in [6.45, 7) is 0.688. The lowest BCUT2D eigenvalue weighted by molar-refractivity contribution is 0.344. The van der Waals surface area contributed by atoms with Gasteiger partial charge in [-0.15, -0.1) is 11.8 Å². The third-order valence-electron chi connectivity index (χ3n) is 2.48. The highest BCUT2D eigenvalue weighted by Crippen LogP contribution is 2.22. The van der Waals surface area contributed by atoms with E-state index < -0.39 is 0 Å². The van der Waals surface area contributed by atoms with Crippen LogP contribution in [0.25, 0.3) is 0 Å². The van der Waals surface area contributed by atoms with Crippen molar-refractivity contribution in [2.45, 2.75) is 4.90 Å². The molecule has 100 valence electrons. The van der Waals surface area contributed by atoms with Crippen molar-refractivity contribution in [3.8, 4) is 11.5 Å². The Labute approximate surface area is 126 Å². The number of hydrogen-bond donors (Lipinski definition) is 0. The second-order valence-electron chi connectivity index (χ2n) is 3.83. The fourth-order valence-electron chi connectivity index (χ4n) is 1.55. The summed E-state index contributed by atoms with van der Waals surface area (Å²) in [6.07, 6.45) is 0. The summed E-state index contributed by atoms with van der Waals surface area (Å²) < 4.78 is 11.8. The summed E-state index contributed by atoms with van der Waals surface area (Å²) in [7, 11) is 1.67. The lowest BCUT2D eigenvalue weighted by atomic mass is 10.3. The van der Waals surface area contributed by atoms with Crippen LogP contribution in [0.4, 0.5) is 0 Å². The Bertz CT molecular complexity index is 514. The van der Waals surface area contributed by atoms with Crippen LogP contribution in [0.5, 0.6) is 11.5 Å². The quantitative estimate of drug-likeness (QED) is 0.565. The molecule has 0 aliphatic rings. The van der Waals surface area contributed by atoms with Crippen LogP contribution < -0.4 is 9.47 Å². The van der Waals surface area contributed by atoms with E-state index in [0.717, 1.165) is 21.7 Å². The molecule has 19 heavy (non-hydrogen) atoms. The molecular formula is C15H15BrO2S. The van der Waals surface area contributed by atoms with Gasteiger partial charge in [0.2, 0.25) is 0 Å². The Balaban J connectivity index is 1.74. The van der Waals surface area contributed by atoms with Crippen molar-refractivity contribution in [3.63, 3.8) is 0 Å². The molecule has 0 N–H and O–H groups in total. The third-order valence-corrected chi connectivity index (χ3v) is 3.95. The van der Waals surface area contributed by atoms with Crippen LogP contribution in [0.2, 0.25) is 0 Å². The molecule has 2 aromatic rings. The number of benzene rings is 2. The van der Waals surface area contributed by atoms with Crippen LogP contribution in [0.3, 0.4) is 0 Å². The lowest BCUT2D eigenvalue weighted by Gasteiger charge is -2.06. The van der Waals surface area contributed by atoms with E-state index >= 15 is 0 Å². The van der Waals surface area contributed by atoms with Crippen molar-refractivity contribution in [2.24, 2.45) is 0 Å². The predicted molar refractivity (Wildman–Crippen MR) is 83.4 cm³/mol. The summed E-state index contributed by atoms with van der Waals surface area (Å²) in [4.78, 5) is 1.22. The summed E-state index contributed by atoms with van der Waals surface area (Å²) in [5.74, 6) is 2.69. The van der Waals surface area contributed by atoms with E-state index in [9.17, 15) is 0 Å². The van der Waals surface area contributed by atoms with Gasteiger partial charge in [0.05, 0.1) is 13.7 Å². The van der Waals surface area contributed by atoms with E-state index in [1.165, 1.54) is 4.90 Å². The molecule has 0 aromatic heterocycles. The fourth-order valence-corrected chi connectivity index (χ4v) is 2.66. The highest BCUT2D eigenvalue weighted by Gasteiger charge is 1.97. The zero-order chi connectivity index (χ0) is 13.5. The second kappa shape index (κ2) is 7.46. The molecule has 0 atom stereocenters.